The van der Waals surface area contributed by atoms with E-state index in [1.54, 1.807) is 11.8 Å². The fourth-order valence-corrected chi connectivity index (χ4v) is 4.29. The summed E-state index contributed by atoms with van der Waals surface area (Å²) in [4.78, 5) is 65.4. The first-order chi connectivity index (χ1) is 16.5. The van der Waals surface area contributed by atoms with Crippen molar-refractivity contribution >= 4 is 29.6 Å². The number of benzene rings is 1. The Morgan fingerprint density at radius 1 is 1.14 bits per heavy atom. The van der Waals surface area contributed by atoms with E-state index in [0.717, 1.165) is 5.56 Å². The van der Waals surface area contributed by atoms with Gasteiger partial charge in [0.2, 0.25) is 23.6 Å². The van der Waals surface area contributed by atoms with Crippen molar-refractivity contribution < 1.29 is 29.1 Å². The summed E-state index contributed by atoms with van der Waals surface area (Å²) in [6.07, 6.45) is 0.550. The van der Waals surface area contributed by atoms with Gasteiger partial charge in [0.05, 0.1) is 0 Å². The molecule has 4 amide bonds. The van der Waals surface area contributed by atoms with E-state index in [-0.39, 0.29) is 50.0 Å². The largest absolute Gasteiger partial charge is 0.480 e. The molecule has 2 rings (SSSR count). The van der Waals surface area contributed by atoms with E-state index in [9.17, 15) is 29.1 Å². The first-order valence-corrected chi connectivity index (χ1v) is 12.0. The molecule has 1 saturated heterocycles. The summed E-state index contributed by atoms with van der Waals surface area (Å²) in [7, 11) is 0. The van der Waals surface area contributed by atoms with Crippen LogP contribution in [0.15, 0.2) is 30.3 Å². The van der Waals surface area contributed by atoms with Crippen molar-refractivity contribution in [2.24, 2.45) is 11.7 Å². The summed E-state index contributed by atoms with van der Waals surface area (Å²) in [6, 6.07) is 6.14. The number of amides is 4. The molecule has 0 radical (unpaired) electrons. The van der Waals surface area contributed by atoms with Gasteiger partial charge in [-0.05, 0) is 24.3 Å². The van der Waals surface area contributed by atoms with Gasteiger partial charge in [0.15, 0.2) is 0 Å². The van der Waals surface area contributed by atoms with Gasteiger partial charge in [0, 0.05) is 32.4 Å². The van der Waals surface area contributed by atoms with Crippen LogP contribution in [0.2, 0.25) is 0 Å². The van der Waals surface area contributed by atoms with Crippen LogP contribution in [0.3, 0.4) is 0 Å². The van der Waals surface area contributed by atoms with Crippen LogP contribution in [0.25, 0.3) is 0 Å². The zero-order valence-electron chi connectivity index (χ0n) is 20.6. The molecule has 1 aromatic rings. The highest BCUT2D eigenvalue weighted by Crippen LogP contribution is 2.23. The second-order valence-corrected chi connectivity index (χ2v) is 9.23. The normalized spacial score (nSPS) is 17.7. The Morgan fingerprint density at radius 3 is 2.34 bits per heavy atom. The molecule has 1 heterocycles. The van der Waals surface area contributed by atoms with Crippen molar-refractivity contribution in [1.82, 2.24) is 15.1 Å². The quantitative estimate of drug-likeness (QED) is 0.398. The maximum atomic E-state index is 13.6. The molecule has 1 aliphatic heterocycles. The SMILES string of the molecule is CCC(=O)N1CCN([C@@H](Cc2ccccc2)C(=O)N[C@@H](CCC(N)=O)C(=O)O)C(=O)[C@@H]1CC(C)C. The van der Waals surface area contributed by atoms with Gasteiger partial charge in [-0.25, -0.2) is 4.79 Å². The van der Waals surface area contributed by atoms with Gasteiger partial charge in [-0.15, -0.1) is 0 Å². The van der Waals surface area contributed by atoms with Crippen LogP contribution < -0.4 is 11.1 Å². The fourth-order valence-electron chi connectivity index (χ4n) is 4.29. The first kappa shape index (κ1) is 27.8. The maximum absolute atomic E-state index is 13.6. The molecule has 10 nitrogen and oxygen atoms in total. The van der Waals surface area contributed by atoms with Gasteiger partial charge in [0.25, 0.3) is 0 Å². The monoisotopic (exact) mass is 488 g/mol. The standard InChI is InChI=1S/C25H36N4O6/c1-4-22(31)28-12-13-29(24(33)20(28)14-16(2)3)19(15-17-8-6-5-7-9-17)23(32)27-18(25(34)35)10-11-21(26)30/h5-9,16,18-20H,4,10-15H2,1-3H3,(H2,26,30)(H,27,32)(H,34,35)/t18-,19-,20-/m0/s1. The highest BCUT2D eigenvalue weighted by molar-refractivity contribution is 5.94. The molecule has 0 aromatic heterocycles. The Labute approximate surface area is 205 Å². The second kappa shape index (κ2) is 12.9. The third-order valence-corrected chi connectivity index (χ3v) is 6.09. The number of rotatable bonds is 12. The predicted octanol–water partition coefficient (Wildman–Crippen LogP) is 0.928. The molecule has 1 aromatic carbocycles. The number of primary amides is 1. The van der Waals surface area contributed by atoms with Gasteiger partial charge in [-0.2, -0.15) is 0 Å². The molecule has 35 heavy (non-hydrogen) atoms. The summed E-state index contributed by atoms with van der Waals surface area (Å²) in [5.41, 5.74) is 5.95. The Bertz CT molecular complexity index is 920. The Kier molecular flexibility index (Phi) is 10.2. The van der Waals surface area contributed by atoms with Crippen molar-refractivity contribution in [3.63, 3.8) is 0 Å². The highest BCUT2D eigenvalue weighted by Gasteiger charge is 2.42. The van der Waals surface area contributed by atoms with Crippen LogP contribution in [-0.4, -0.2) is 75.7 Å². The summed E-state index contributed by atoms with van der Waals surface area (Å²) in [6.45, 7) is 6.12. The van der Waals surface area contributed by atoms with Gasteiger partial charge in [-0.3, -0.25) is 19.2 Å². The van der Waals surface area contributed by atoms with E-state index in [1.165, 1.54) is 4.90 Å². The maximum Gasteiger partial charge on any atom is 0.326 e. The third kappa shape index (κ3) is 7.80. The van der Waals surface area contributed by atoms with Crippen LogP contribution in [0, 0.1) is 5.92 Å². The minimum absolute atomic E-state index is 0.120. The molecule has 1 fully saturated rings. The second-order valence-electron chi connectivity index (χ2n) is 9.23. The van der Waals surface area contributed by atoms with Crippen molar-refractivity contribution in [1.29, 1.82) is 0 Å². The summed E-state index contributed by atoms with van der Waals surface area (Å²) in [5, 5.41) is 12.0. The van der Waals surface area contributed by atoms with E-state index in [4.69, 9.17) is 5.73 Å². The Morgan fingerprint density at radius 2 is 1.80 bits per heavy atom. The van der Waals surface area contributed by atoms with Crippen LogP contribution in [0.5, 0.6) is 0 Å². The number of aliphatic carboxylic acids is 1. The van der Waals surface area contributed by atoms with Crippen molar-refractivity contribution in [3.8, 4) is 0 Å². The molecule has 1 aliphatic rings. The number of carbonyl (C=O) groups is 5. The Balaban J connectivity index is 2.35. The van der Waals surface area contributed by atoms with Crippen LogP contribution in [-0.2, 0) is 30.4 Å². The number of nitrogens with two attached hydrogens (primary N) is 1. The number of nitrogens with one attached hydrogen (secondary N) is 1. The number of hydrogen-bond acceptors (Lipinski definition) is 5. The van der Waals surface area contributed by atoms with E-state index < -0.39 is 35.9 Å². The van der Waals surface area contributed by atoms with Crippen molar-refractivity contribution in [3.05, 3.63) is 35.9 Å². The number of carboxylic acid groups (broad SMARTS) is 1. The third-order valence-electron chi connectivity index (χ3n) is 6.09. The molecule has 3 atom stereocenters. The van der Waals surface area contributed by atoms with Crippen molar-refractivity contribution in [2.75, 3.05) is 13.1 Å². The van der Waals surface area contributed by atoms with Gasteiger partial charge < -0.3 is 26.0 Å². The minimum atomic E-state index is -1.32. The Hall–Kier alpha value is -3.43. The fraction of sp³-hybridized carbons (Fsp3) is 0.560. The van der Waals surface area contributed by atoms with Crippen LogP contribution >= 0.6 is 0 Å². The predicted molar refractivity (Wildman–Crippen MR) is 129 cm³/mol. The molecule has 0 spiro atoms. The summed E-state index contributed by atoms with van der Waals surface area (Å²) < 4.78 is 0. The molecule has 192 valence electrons. The minimum Gasteiger partial charge on any atom is -0.480 e. The lowest BCUT2D eigenvalue weighted by Crippen LogP contribution is -2.64. The zero-order chi connectivity index (χ0) is 26.1. The van der Waals surface area contributed by atoms with E-state index in [0.29, 0.717) is 13.0 Å². The lowest BCUT2D eigenvalue weighted by molar-refractivity contribution is -0.157. The van der Waals surface area contributed by atoms with Crippen LogP contribution in [0.4, 0.5) is 0 Å². The van der Waals surface area contributed by atoms with E-state index in [1.807, 2.05) is 44.2 Å². The molecule has 0 unspecified atom stereocenters. The molecular formula is C25H36N4O6. The molecule has 0 bridgehead atoms. The van der Waals surface area contributed by atoms with Gasteiger partial charge in [-0.1, -0.05) is 51.1 Å². The molecule has 4 N–H and O–H groups in total. The van der Waals surface area contributed by atoms with Crippen molar-refractivity contribution in [2.45, 2.75) is 71.0 Å². The highest BCUT2D eigenvalue weighted by atomic mass is 16.4. The number of piperazine rings is 1. The molecule has 0 saturated carbocycles. The summed E-state index contributed by atoms with van der Waals surface area (Å²) in [5.74, 6) is -2.90. The average Bonchev–Trinajstić information content (AvgIpc) is 2.81. The summed E-state index contributed by atoms with van der Waals surface area (Å²) >= 11 is 0. The number of carbonyl (C=O) groups excluding carboxylic acids is 4. The zero-order valence-corrected chi connectivity index (χ0v) is 20.6. The van der Waals surface area contributed by atoms with Gasteiger partial charge >= 0.3 is 5.97 Å². The number of nitrogens with zero attached hydrogens (tertiary/aromatic N) is 2. The lowest BCUT2D eigenvalue weighted by atomic mass is 9.95. The van der Waals surface area contributed by atoms with Gasteiger partial charge in [0.1, 0.15) is 18.1 Å². The topological polar surface area (TPSA) is 150 Å². The number of hydrogen-bond donors (Lipinski definition) is 3. The first-order valence-electron chi connectivity index (χ1n) is 12.0. The van der Waals surface area contributed by atoms with E-state index in [2.05, 4.69) is 5.32 Å². The average molecular weight is 489 g/mol. The lowest BCUT2D eigenvalue weighted by Gasteiger charge is -2.44. The smallest absolute Gasteiger partial charge is 0.326 e. The molecule has 10 heteroatoms. The number of carboxylic acids is 1. The van der Waals surface area contributed by atoms with E-state index >= 15 is 0 Å². The molecular weight excluding hydrogens is 452 g/mol. The van der Waals surface area contributed by atoms with Crippen LogP contribution in [0.1, 0.15) is 52.0 Å². The molecule has 0 aliphatic carbocycles.